The number of hydrogen-bond acceptors (Lipinski definition) is 6. The van der Waals surface area contributed by atoms with Crippen LogP contribution in [0.2, 0.25) is 0 Å². The lowest BCUT2D eigenvalue weighted by Crippen LogP contribution is -2.33. The standard InChI is InChI=1S/C22H24N6O/c1-14-17(13-23)10-11-22(24-14)28-20(16-6-3-4-7-16)12-19(27-28)18-8-5-9-21(26-18)25-15(2)29/h5,8-11,16,20H,3-4,6-7,12H2,1-2H3,(H,25,26,29)/t20-/m1/s1. The molecular weight excluding hydrogens is 364 g/mol. The second-order valence-corrected chi connectivity index (χ2v) is 7.71. The van der Waals surface area contributed by atoms with Crippen LogP contribution in [0, 0.1) is 24.2 Å². The average molecular weight is 388 g/mol. The van der Waals surface area contributed by atoms with E-state index in [1.165, 1.54) is 32.6 Å². The van der Waals surface area contributed by atoms with E-state index in [-0.39, 0.29) is 11.9 Å². The number of aryl methyl sites for hydroxylation is 1. The van der Waals surface area contributed by atoms with Crippen LogP contribution >= 0.6 is 0 Å². The second-order valence-electron chi connectivity index (χ2n) is 7.71. The highest BCUT2D eigenvalue weighted by Crippen LogP contribution is 2.37. The van der Waals surface area contributed by atoms with Crippen molar-refractivity contribution in [1.29, 1.82) is 5.26 Å². The number of carbonyl (C=O) groups is 1. The lowest BCUT2D eigenvalue weighted by molar-refractivity contribution is -0.114. The van der Waals surface area contributed by atoms with Crippen molar-refractivity contribution in [2.75, 3.05) is 10.3 Å². The molecule has 7 nitrogen and oxygen atoms in total. The van der Waals surface area contributed by atoms with Gasteiger partial charge in [0.2, 0.25) is 5.91 Å². The summed E-state index contributed by atoms with van der Waals surface area (Å²) in [5, 5.41) is 18.9. The monoisotopic (exact) mass is 388 g/mol. The molecule has 1 saturated carbocycles. The van der Waals surface area contributed by atoms with Crippen LogP contribution in [0.15, 0.2) is 35.4 Å². The molecule has 148 valence electrons. The molecule has 1 aliphatic carbocycles. The van der Waals surface area contributed by atoms with Crippen LogP contribution in [-0.4, -0.2) is 27.6 Å². The van der Waals surface area contributed by atoms with Crippen molar-refractivity contribution in [3.05, 3.63) is 47.3 Å². The van der Waals surface area contributed by atoms with Gasteiger partial charge in [-0.25, -0.2) is 15.0 Å². The molecule has 1 atom stereocenters. The van der Waals surface area contributed by atoms with Crippen molar-refractivity contribution >= 4 is 23.3 Å². The summed E-state index contributed by atoms with van der Waals surface area (Å²) < 4.78 is 0. The van der Waals surface area contributed by atoms with E-state index in [2.05, 4.69) is 21.4 Å². The molecule has 7 heteroatoms. The number of aromatic nitrogens is 2. The molecule has 0 spiro atoms. The van der Waals surface area contributed by atoms with Gasteiger partial charge in [-0.05, 0) is 49.9 Å². The lowest BCUT2D eigenvalue weighted by atomic mass is 9.93. The van der Waals surface area contributed by atoms with Gasteiger partial charge in [0.1, 0.15) is 17.7 Å². The van der Waals surface area contributed by atoms with Gasteiger partial charge in [-0.15, -0.1) is 0 Å². The molecule has 4 rings (SSSR count). The Hall–Kier alpha value is -3.27. The number of amides is 1. The normalized spacial score (nSPS) is 19.1. The van der Waals surface area contributed by atoms with E-state index < -0.39 is 0 Å². The van der Waals surface area contributed by atoms with Gasteiger partial charge in [-0.2, -0.15) is 10.4 Å². The molecule has 3 heterocycles. The van der Waals surface area contributed by atoms with Gasteiger partial charge in [0.05, 0.1) is 28.7 Å². The summed E-state index contributed by atoms with van der Waals surface area (Å²) >= 11 is 0. The third kappa shape index (κ3) is 3.97. The van der Waals surface area contributed by atoms with E-state index in [0.29, 0.717) is 23.0 Å². The Morgan fingerprint density at radius 3 is 2.69 bits per heavy atom. The first-order valence-corrected chi connectivity index (χ1v) is 10.0. The number of hydrogen-bond donors (Lipinski definition) is 1. The first kappa shape index (κ1) is 19.1. The van der Waals surface area contributed by atoms with E-state index in [4.69, 9.17) is 5.10 Å². The molecule has 0 bridgehead atoms. The number of anilines is 2. The molecule has 1 aliphatic heterocycles. The molecule has 0 radical (unpaired) electrons. The van der Waals surface area contributed by atoms with Gasteiger partial charge in [0.25, 0.3) is 0 Å². The third-order valence-corrected chi connectivity index (χ3v) is 5.66. The maximum absolute atomic E-state index is 11.4. The number of rotatable bonds is 4. The van der Waals surface area contributed by atoms with E-state index in [1.54, 1.807) is 6.07 Å². The Balaban J connectivity index is 1.69. The van der Waals surface area contributed by atoms with Gasteiger partial charge in [-0.3, -0.25) is 4.79 Å². The average Bonchev–Trinajstić information content (AvgIpc) is 3.37. The summed E-state index contributed by atoms with van der Waals surface area (Å²) in [6.45, 7) is 3.32. The van der Waals surface area contributed by atoms with Crippen molar-refractivity contribution in [1.82, 2.24) is 9.97 Å². The minimum Gasteiger partial charge on any atom is -0.311 e. The van der Waals surface area contributed by atoms with Crippen LogP contribution in [0.3, 0.4) is 0 Å². The first-order chi connectivity index (χ1) is 14.0. The third-order valence-electron chi connectivity index (χ3n) is 5.66. The van der Waals surface area contributed by atoms with E-state index in [9.17, 15) is 10.1 Å². The number of nitriles is 1. The summed E-state index contributed by atoms with van der Waals surface area (Å²) in [7, 11) is 0. The van der Waals surface area contributed by atoms with Crippen LogP contribution < -0.4 is 10.3 Å². The molecule has 0 saturated heterocycles. The van der Waals surface area contributed by atoms with Gasteiger partial charge in [-0.1, -0.05) is 18.9 Å². The largest absolute Gasteiger partial charge is 0.311 e. The van der Waals surface area contributed by atoms with Gasteiger partial charge < -0.3 is 5.32 Å². The SMILES string of the molecule is CC(=O)Nc1cccc(C2=NN(c3ccc(C#N)c(C)n3)[C@@H](C3CCCC3)C2)n1. The highest BCUT2D eigenvalue weighted by molar-refractivity contribution is 6.02. The Morgan fingerprint density at radius 1 is 1.21 bits per heavy atom. The number of carbonyl (C=O) groups excluding carboxylic acids is 1. The maximum atomic E-state index is 11.4. The Kier molecular flexibility index (Phi) is 5.26. The molecule has 0 unspecified atom stereocenters. The molecule has 1 amide bonds. The van der Waals surface area contributed by atoms with Crippen molar-refractivity contribution in [2.45, 2.75) is 52.0 Å². The van der Waals surface area contributed by atoms with Crippen LogP contribution in [0.25, 0.3) is 0 Å². The van der Waals surface area contributed by atoms with Gasteiger partial charge in [0, 0.05) is 13.3 Å². The van der Waals surface area contributed by atoms with E-state index >= 15 is 0 Å². The molecule has 2 aromatic heterocycles. The number of pyridine rings is 2. The lowest BCUT2D eigenvalue weighted by Gasteiger charge is -2.27. The second kappa shape index (κ2) is 8.00. The zero-order valence-corrected chi connectivity index (χ0v) is 16.7. The summed E-state index contributed by atoms with van der Waals surface area (Å²) in [5.41, 5.74) is 2.97. The fraction of sp³-hybridized carbons (Fsp3) is 0.409. The fourth-order valence-electron chi connectivity index (χ4n) is 4.25. The van der Waals surface area contributed by atoms with Crippen LogP contribution in [0.4, 0.5) is 11.6 Å². The zero-order valence-electron chi connectivity index (χ0n) is 16.7. The highest BCUT2D eigenvalue weighted by Gasteiger charge is 2.37. The Bertz CT molecular complexity index is 1000. The Morgan fingerprint density at radius 2 is 2.00 bits per heavy atom. The molecule has 29 heavy (non-hydrogen) atoms. The van der Waals surface area contributed by atoms with E-state index in [1.807, 2.05) is 36.2 Å². The van der Waals surface area contributed by atoms with Crippen molar-refractivity contribution in [3.63, 3.8) is 0 Å². The highest BCUT2D eigenvalue weighted by atomic mass is 16.1. The zero-order chi connectivity index (χ0) is 20.4. The van der Waals surface area contributed by atoms with E-state index in [0.717, 1.165) is 23.6 Å². The Labute approximate surface area is 170 Å². The van der Waals surface area contributed by atoms with Crippen molar-refractivity contribution in [3.8, 4) is 6.07 Å². The summed E-state index contributed by atoms with van der Waals surface area (Å²) in [5.74, 6) is 1.71. The van der Waals surface area contributed by atoms with Crippen LogP contribution in [-0.2, 0) is 4.79 Å². The summed E-state index contributed by atoms with van der Waals surface area (Å²) in [6, 6.07) is 11.7. The predicted octanol–water partition coefficient (Wildman–Crippen LogP) is 3.79. The molecule has 2 aromatic rings. The first-order valence-electron chi connectivity index (χ1n) is 10.0. The van der Waals surface area contributed by atoms with Crippen LogP contribution in [0.5, 0.6) is 0 Å². The minimum atomic E-state index is -0.147. The van der Waals surface area contributed by atoms with Crippen molar-refractivity contribution < 1.29 is 4.79 Å². The quantitative estimate of drug-likeness (QED) is 0.860. The molecule has 1 N–H and O–H groups in total. The topological polar surface area (TPSA) is 94.3 Å². The maximum Gasteiger partial charge on any atom is 0.222 e. The fourth-order valence-corrected chi connectivity index (χ4v) is 4.25. The molecule has 1 fully saturated rings. The molecule has 2 aliphatic rings. The number of hydrazone groups is 1. The molecular formula is C22H24N6O. The summed E-state index contributed by atoms with van der Waals surface area (Å²) in [6.07, 6.45) is 5.68. The summed E-state index contributed by atoms with van der Waals surface area (Å²) in [4.78, 5) is 20.6. The predicted molar refractivity (Wildman–Crippen MR) is 112 cm³/mol. The number of nitrogens with zero attached hydrogens (tertiary/aromatic N) is 5. The smallest absolute Gasteiger partial charge is 0.222 e. The van der Waals surface area contributed by atoms with Crippen molar-refractivity contribution in [2.24, 2.45) is 11.0 Å². The molecule has 0 aromatic carbocycles. The van der Waals surface area contributed by atoms with Gasteiger partial charge >= 0.3 is 0 Å². The van der Waals surface area contributed by atoms with Crippen LogP contribution in [0.1, 0.15) is 56.0 Å². The minimum absolute atomic E-state index is 0.147. The number of nitrogens with one attached hydrogen (secondary N) is 1. The van der Waals surface area contributed by atoms with Gasteiger partial charge in [0.15, 0.2) is 0 Å².